The van der Waals surface area contributed by atoms with Gasteiger partial charge in [0, 0.05) is 31.1 Å². The minimum atomic E-state index is -3.40. The van der Waals surface area contributed by atoms with E-state index in [4.69, 9.17) is 21.1 Å². The van der Waals surface area contributed by atoms with Crippen molar-refractivity contribution >= 4 is 38.6 Å². The maximum atomic E-state index is 15.3. The average molecular weight is 569 g/mol. The summed E-state index contributed by atoms with van der Waals surface area (Å²) in [7, 11) is -3.40. The van der Waals surface area contributed by atoms with Gasteiger partial charge >= 0.3 is 0 Å². The lowest BCUT2D eigenvalue weighted by Gasteiger charge is -2.34. The molecule has 2 saturated heterocycles. The van der Waals surface area contributed by atoms with Crippen LogP contribution in [0.15, 0.2) is 18.3 Å². The lowest BCUT2D eigenvalue weighted by Crippen LogP contribution is -2.51. The number of nitrogens with zero attached hydrogens (tertiary/aromatic N) is 5. The van der Waals surface area contributed by atoms with Gasteiger partial charge < -0.3 is 24.5 Å². The van der Waals surface area contributed by atoms with Crippen LogP contribution in [0.3, 0.4) is 0 Å². The Morgan fingerprint density at radius 2 is 2.08 bits per heavy atom. The highest BCUT2D eigenvalue weighted by atomic mass is 35.5. The van der Waals surface area contributed by atoms with Gasteiger partial charge in [0.15, 0.2) is 12.1 Å². The zero-order valence-electron chi connectivity index (χ0n) is 21.3. The monoisotopic (exact) mass is 568 g/mol. The minimum absolute atomic E-state index is 0.0204. The van der Waals surface area contributed by atoms with E-state index < -0.39 is 28.0 Å². The van der Waals surface area contributed by atoms with Crippen LogP contribution >= 0.6 is 11.6 Å². The van der Waals surface area contributed by atoms with Gasteiger partial charge in [0.25, 0.3) is 0 Å². The Kier molecular flexibility index (Phi) is 7.59. The zero-order chi connectivity index (χ0) is 27.2. The number of halogens is 2. The minimum Gasteiger partial charge on any atom is -0.390 e. The van der Waals surface area contributed by atoms with Crippen molar-refractivity contribution in [2.45, 2.75) is 57.8 Å². The topological polar surface area (TPSA) is 132 Å². The number of nitrogens with one attached hydrogen (secondary N) is 1. The molecule has 2 fully saturated rings. The van der Waals surface area contributed by atoms with Crippen molar-refractivity contribution in [2.24, 2.45) is 0 Å². The SMILES string of the molecule is CC(C)n1c(COC2CCO2)nc2c(F)cc(-c3nc(NC4CCN(S(C)(=O)=O)CC4O)ncc3Cl)cc21. The molecule has 3 atom stereocenters. The summed E-state index contributed by atoms with van der Waals surface area (Å²) in [4.78, 5) is 13.2. The van der Waals surface area contributed by atoms with Crippen LogP contribution in [0, 0.1) is 5.82 Å². The number of ether oxygens (including phenoxy) is 2. The predicted molar refractivity (Wildman–Crippen MR) is 140 cm³/mol. The Morgan fingerprint density at radius 1 is 1.32 bits per heavy atom. The van der Waals surface area contributed by atoms with E-state index in [1.807, 2.05) is 18.4 Å². The first kappa shape index (κ1) is 27.2. The van der Waals surface area contributed by atoms with Gasteiger partial charge in [0.05, 0.1) is 47.4 Å². The smallest absolute Gasteiger partial charge is 0.223 e. The number of benzene rings is 1. The van der Waals surface area contributed by atoms with Crippen molar-refractivity contribution < 1.29 is 27.4 Å². The molecule has 5 rings (SSSR count). The van der Waals surface area contributed by atoms with Crippen LogP contribution in [0.2, 0.25) is 5.02 Å². The fourth-order valence-electron chi connectivity index (χ4n) is 4.71. The van der Waals surface area contributed by atoms with Crippen LogP contribution in [0.1, 0.15) is 38.6 Å². The summed E-state index contributed by atoms with van der Waals surface area (Å²) in [5.74, 6) is 0.256. The number of aliphatic hydroxyl groups excluding tert-OH is 1. The molecular weight excluding hydrogens is 539 g/mol. The van der Waals surface area contributed by atoms with E-state index in [-0.39, 0.29) is 48.5 Å². The molecule has 38 heavy (non-hydrogen) atoms. The molecule has 0 radical (unpaired) electrons. The first-order chi connectivity index (χ1) is 18.0. The highest BCUT2D eigenvalue weighted by Crippen LogP contribution is 2.33. The second-order valence-corrected chi connectivity index (χ2v) is 12.2. The maximum Gasteiger partial charge on any atom is 0.223 e. The molecule has 0 amide bonds. The highest BCUT2D eigenvalue weighted by molar-refractivity contribution is 7.88. The first-order valence-electron chi connectivity index (χ1n) is 12.4. The molecule has 4 heterocycles. The molecule has 11 nitrogen and oxygen atoms in total. The Balaban J connectivity index is 1.43. The van der Waals surface area contributed by atoms with Crippen LogP contribution in [-0.2, 0) is 26.1 Å². The van der Waals surface area contributed by atoms with Gasteiger partial charge in [-0.1, -0.05) is 11.6 Å². The largest absolute Gasteiger partial charge is 0.390 e. The molecule has 14 heteroatoms. The number of aliphatic hydroxyl groups is 1. The van der Waals surface area contributed by atoms with Crippen molar-refractivity contribution in [3.05, 3.63) is 35.0 Å². The number of anilines is 1. The second kappa shape index (κ2) is 10.6. The third-order valence-electron chi connectivity index (χ3n) is 6.74. The molecule has 0 aliphatic carbocycles. The van der Waals surface area contributed by atoms with Gasteiger partial charge in [-0.15, -0.1) is 0 Å². The summed E-state index contributed by atoms with van der Waals surface area (Å²) in [6.45, 7) is 5.04. The van der Waals surface area contributed by atoms with Crippen molar-refractivity contribution in [2.75, 3.05) is 31.3 Å². The number of hydrogen-bond acceptors (Lipinski definition) is 9. The van der Waals surface area contributed by atoms with Gasteiger partial charge in [-0.25, -0.2) is 27.8 Å². The Labute approximate surface area is 225 Å². The third-order valence-corrected chi connectivity index (χ3v) is 8.29. The van der Waals surface area contributed by atoms with Gasteiger partial charge in [-0.05, 0) is 32.4 Å². The summed E-state index contributed by atoms with van der Waals surface area (Å²) in [5, 5.41) is 13.8. The molecule has 206 valence electrons. The number of piperidine rings is 1. The Hall–Kier alpha value is -2.42. The Bertz CT molecular complexity index is 1450. The maximum absolute atomic E-state index is 15.3. The lowest BCUT2D eigenvalue weighted by atomic mass is 10.0. The molecule has 1 aromatic carbocycles. The number of imidazole rings is 1. The normalized spacial score (nSPS) is 22.7. The fraction of sp³-hybridized carbons (Fsp3) is 0.542. The first-order valence-corrected chi connectivity index (χ1v) is 14.6. The number of aromatic nitrogens is 4. The molecule has 2 aliphatic rings. The van der Waals surface area contributed by atoms with Crippen molar-refractivity contribution in [1.82, 2.24) is 23.8 Å². The third kappa shape index (κ3) is 5.49. The number of β-amino-alcohol motifs (C(OH)–C–C–N with tert-alkyl or cyclic N) is 1. The van der Waals surface area contributed by atoms with Crippen LogP contribution in [0.25, 0.3) is 22.3 Å². The molecule has 0 saturated carbocycles. The molecule has 2 aliphatic heterocycles. The van der Waals surface area contributed by atoms with Gasteiger partial charge in [0.2, 0.25) is 16.0 Å². The van der Waals surface area contributed by atoms with Crippen molar-refractivity contribution in [1.29, 1.82) is 0 Å². The van der Waals surface area contributed by atoms with Crippen LogP contribution in [0.4, 0.5) is 10.3 Å². The van der Waals surface area contributed by atoms with E-state index >= 15 is 4.39 Å². The van der Waals surface area contributed by atoms with Gasteiger partial charge in [0.1, 0.15) is 17.9 Å². The molecule has 0 bridgehead atoms. The van der Waals surface area contributed by atoms with E-state index in [2.05, 4.69) is 20.3 Å². The summed E-state index contributed by atoms with van der Waals surface area (Å²) in [6, 6.07) is 2.63. The zero-order valence-corrected chi connectivity index (χ0v) is 22.8. The van der Waals surface area contributed by atoms with E-state index in [0.29, 0.717) is 35.6 Å². The molecular formula is C24H30ClFN6O5S. The summed E-state index contributed by atoms with van der Waals surface area (Å²) >= 11 is 6.44. The van der Waals surface area contributed by atoms with Gasteiger partial charge in [-0.3, -0.25) is 0 Å². The van der Waals surface area contributed by atoms with E-state index in [1.165, 1.54) is 16.6 Å². The average Bonchev–Trinajstić information content (AvgIpc) is 3.19. The van der Waals surface area contributed by atoms with Gasteiger partial charge in [-0.2, -0.15) is 4.31 Å². The second-order valence-electron chi connectivity index (χ2n) is 9.84. The summed E-state index contributed by atoms with van der Waals surface area (Å²) < 4.78 is 53.2. The fourth-order valence-corrected chi connectivity index (χ4v) is 5.77. The van der Waals surface area contributed by atoms with Crippen LogP contribution in [-0.4, -0.2) is 81.7 Å². The van der Waals surface area contributed by atoms with Crippen molar-refractivity contribution in [3.63, 3.8) is 0 Å². The number of sulfonamides is 1. The molecule has 0 spiro atoms. The summed E-state index contributed by atoms with van der Waals surface area (Å²) in [5.41, 5.74) is 1.55. The summed E-state index contributed by atoms with van der Waals surface area (Å²) in [6.07, 6.45) is 2.48. The van der Waals surface area contributed by atoms with E-state index in [1.54, 1.807) is 6.07 Å². The standard InChI is InChI=1S/C24H30ClFN6O5S/c1-13(2)32-18-9-14(8-16(26)23(18)29-20(32)12-37-21-5-7-36-21)22-15(25)10-27-24(30-22)28-17-4-6-31(11-19(17)33)38(3,34)35/h8-10,13,17,19,21,33H,4-7,11-12H2,1-3H3,(H,27,28,30). The number of hydrogen-bond donors (Lipinski definition) is 2. The number of rotatable bonds is 8. The quantitative estimate of drug-likeness (QED) is 0.421. The predicted octanol–water partition coefficient (Wildman–Crippen LogP) is 2.94. The molecule has 2 N–H and O–H groups in total. The number of fused-ring (bicyclic) bond motifs is 1. The van der Waals surface area contributed by atoms with E-state index in [0.717, 1.165) is 12.7 Å². The molecule has 2 aromatic heterocycles. The Morgan fingerprint density at radius 3 is 2.71 bits per heavy atom. The van der Waals surface area contributed by atoms with E-state index in [9.17, 15) is 13.5 Å². The molecule has 3 aromatic rings. The molecule has 3 unspecified atom stereocenters. The lowest BCUT2D eigenvalue weighted by molar-refractivity contribution is -0.221. The van der Waals surface area contributed by atoms with Crippen LogP contribution < -0.4 is 5.32 Å². The van der Waals surface area contributed by atoms with Crippen molar-refractivity contribution in [3.8, 4) is 11.3 Å². The van der Waals surface area contributed by atoms with Crippen LogP contribution in [0.5, 0.6) is 0 Å². The highest BCUT2D eigenvalue weighted by Gasteiger charge is 2.32.